The summed E-state index contributed by atoms with van der Waals surface area (Å²) in [7, 11) is 1.85. The van der Waals surface area contributed by atoms with E-state index in [1.807, 2.05) is 7.05 Å². The third-order valence-electron chi connectivity index (χ3n) is 8.56. The standard InChI is InChI=1S/C27H34N4.C10H20/c1-5-7-19(2)20(3)16-24(28-4)25-17-26(22-8-6-9-22)31-18-23(10-11-27(31)30-25)21-12-14-29-15-13-21;1-5-7-8-10(4)9(3)6-2/h10-12,16-18,29H,2,5-9,13-15H2,1,3-4H3;8-9H,5-7H2,1-4H3/b20-16+,28-24?;10-8-. The second kappa shape index (κ2) is 16.5. The first-order valence-electron chi connectivity index (χ1n) is 15.9. The van der Waals surface area contributed by atoms with E-state index in [4.69, 9.17) is 4.99 Å². The maximum Gasteiger partial charge on any atom is 0.137 e. The normalized spacial score (nSPS) is 20.2. The smallest absolute Gasteiger partial charge is 0.137 e. The van der Waals surface area contributed by atoms with Gasteiger partial charge in [0.05, 0.1) is 11.4 Å². The van der Waals surface area contributed by atoms with Crippen LogP contribution in [0.1, 0.15) is 99.3 Å². The molecule has 3 heterocycles. The zero-order valence-corrected chi connectivity index (χ0v) is 26.9. The number of unbranched alkanes of at least 4 members (excludes halogenated alkanes) is 1. The molecule has 1 fully saturated rings. The fourth-order valence-electron chi connectivity index (χ4n) is 5.17. The predicted molar refractivity (Wildman–Crippen MR) is 180 cm³/mol. The SMILES string of the molecule is C=C(CCC)/C(C)=C/C(=NC)C1=CC(=C2CCC2)N2C=C(C3=CCNCC3)C=CC2=N1.CCC/C=C(/C)C(C)CC. The van der Waals surface area contributed by atoms with E-state index in [-0.39, 0.29) is 0 Å². The maximum absolute atomic E-state index is 5.01. The van der Waals surface area contributed by atoms with Gasteiger partial charge in [-0.15, -0.1) is 0 Å². The van der Waals surface area contributed by atoms with Gasteiger partial charge >= 0.3 is 0 Å². The van der Waals surface area contributed by atoms with Crippen LogP contribution in [-0.4, -0.2) is 36.6 Å². The number of nitrogens with one attached hydrogen (secondary N) is 1. The summed E-state index contributed by atoms with van der Waals surface area (Å²) in [5.74, 6) is 1.76. The van der Waals surface area contributed by atoms with Crippen molar-refractivity contribution in [2.75, 3.05) is 20.1 Å². The van der Waals surface area contributed by atoms with Crippen LogP contribution < -0.4 is 5.32 Å². The van der Waals surface area contributed by atoms with Crippen molar-refractivity contribution in [3.8, 4) is 0 Å². The van der Waals surface area contributed by atoms with Gasteiger partial charge in [0.25, 0.3) is 0 Å². The molecule has 41 heavy (non-hydrogen) atoms. The fraction of sp³-hybridized carbons (Fsp3) is 0.514. The zero-order chi connectivity index (χ0) is 29.8. The van der Waals surface area contributed by atoms with Crippen molar-refractivity contribution in [1.29, 1.82) is 0 Å². The van der Waals surface area contributed by atoms with Gasteiger partial charge in [-0.25, -0.2) is 4.99 Å². The minimum atomic E-state index is 0.784. The molecule has 1 aliphatic carbocycles. The number of amidine groups is 1. The monoisotopic (exact) mass is 554 g/mol. The molecule has 1 saturated carbocycles. The fourth-order valence-corrected chi connectivity index (χ4v) is 5.17. The lowest BCUT2D eigenvalue weighted by Gasteiger charge is -2.34. The van der Waals surface area contributed by atoms with Crippen LogP contribution in [0.2, 0.25) is 0 Å². The van der Waals surface area contributed by atoms with Crippen LogP contribution in [0.4, 0.5) is 0 Å². The van der Waals surface area contributed by atoms with E-state index in [0.717, 1.165) is 55.5 Å². The number of hydrogen-bond acceptors (Lipinski definition) is 4. The van der Waals surface area contributed by atoms with Crippen molar-refractivity contribution in [3.63, 3.8) is 0 Å². The molecular weight excluding hydrogens is 500 g/mol. The highest BCUT2D eigenvalue weighted by molar-refractivity contribution is 6.12. The summed E-state index contributed by atoms with van der Waals surface area (Å²) < 4.78 is 0. The lowest BCUT2D eigenvalue weighted by molar-refractivity contribution is 0.593. The Morgan fingerprint density at radius 2 is 1.93 bits per heavy atom. The van der Waals surface area contributed by atoms with Gasteiger partial charge in [0.2, 0.25) is 0 Å². The molecule has 0 bridgehead atoms. The van der Waals surface area contributed by atoms with Crippen LogP contribution >= 0.6 is 0 Å². The molecule has 0 spiro atoms. The number of nitrogens with zero attached hydrogens (tertiary/aromatic N) is 3. The second-order valence-corrected chi connectivity index (χ2v) is 11.6. The molecule has 1 N–H and O–H groups in total. The van der Waals surface area contributed by atoms with E-state index in [2.05, 4.69) is 106 Å². The van der Waals surface area contributed by atoms with E-state index in [0.29, 0.717) is 0 Å². The maximum atomic E-state index is 5.01. The highest BCUT2D eigenvalue weighted by Crippen LogP contribution is 2.36. The average Bonchev–Trinajstić information content (AvgIpc) is 2.97. The average molecular weight is 555 g/mol. The Morgan fingerprint density at radius 3 is 2.51 bits per heavy atom. The number of aliphatic imine (C=N–C) groups is 2. The topological polar surface area (TPSA) is 40.0 Å². The first kappa shape index (κ1) is 32.5. The van der Waals surface area contributed by atoms with E-state index in [1.54, 1.807) is 5.57 Å². The van der Waals surface area contributed by atoms with Crippen LogP contribution in [-0.2, 0) is 0 Å². The first-order chi connectivity index (χ1) is 19.8. The molecule has 4 heteroatoms. The minimum Gasteiger partial charge on any atom is -0.313 e. The van der Waals surface area contributed by atoms with Crippen molar-refractivity contribution in [3.05, 3.63) is 94.1 Å². The van der Waals surface area contributed by atoms with Crippen molar-refractivity contribution < 1.29 is 0 Å². The van der Waals surface area contributed by atoms with Gasteiger partial charge in [0.15, 0.2) is 0 Å². The molecule has 1 atom stereocenters. The molecule has 4 rings (SSSR count). The van der Waals surface area contributed by atoms with E-state index in [9.17, 15) is 0 Å². The van der Waals surface area contributed by atoms with Crippen molar-refractivity contribution in [2.24, 2.45) is 15.9 Å². The number of fused-ring (bicyclic) bond motifs is 1. The Bertz CT molecular complexity index is 1220. The number of rotatable bonds is 10. The summed E-state index contributed by atoms with van der Waals surface area (Å²) in [6.07, 6.45) is 26.3. The lowest BCUT2D eigenvalue weighted by atomic mass is 9.88. The predicted octanol–water partition coefficient (Wildman–Crippen LogP) is 9.55. The third kappa shape index (κ3) is 9.00. The molecule has 4 aliphatic rings. The van der Waals surface area contributed by atoms with Crippen molar-refractivity contribution in [2.45, 2.75) is 99.3 Å². The van der Waals surface area contributed by atoms with Crippen LogP contribution in [0.15, 0.2) is 104 Å². The van der Waals surface area contributed by atoms with Gasteiger partial charge in [-0.2, -0.15) is 0 Å². The van der Waals surface area contributed by atoms with Crippen LogP contribution in [0.3, 0.4) is 0 Å². The van der Waals surface area contributed by atoms with Gasteiger partial charge in [0.1, 0.15) is 5.84 Å². The van der Waals surface area contributed by atoms with Gasteiger partial charge in [-0.05, 0) is 118 Å². The molecule has 4 nitrogen and oxygen atoms in total. The number of hydrogen-bond donors (Lipinski definition) is 1. The molecule has 1 unspecified atom stereocenters. The van der Waals surface area contributed by atoms with Crippen molar-refractivity contribution >= 4 is 11.5 Å². The highest BCUT2D eigenvalue weighted by Gasteiger charge is 2.27. The summed E-state index contributed by atoms with van der Waals surface area (Å²) in [5.41, 5.74) is 11.3. The van der Waals surface area contributed by atoms with Crippen molar-refractivity contribution in [1.82, 2.24) is 10.2 Å². The van der Waals surface area contributed by atoms with Crippen LogP contribution in [0.25, 0.3) is 0 Å². The highest BCUT2D eigenvalue weighted by atomic mass is 15.2. The van der Waals surface area contributed by atoms with Gasteiger partial charge in [-0.1, -0.05) is 70.4 Å². The Labute approximate surface area is 250 Å². The Balaban J connectivity index is 0.000000397. The van der Waals surface area contributed by atoms with E-state index < -0.39 is 0 Å². The number of allylic oxidation sites excluding steroid dienone is 9. The van der Waals surface area contributed by atoms with Crippen LogP contribution in [0, 0.1) is 5.92 Å². The Kier molecular flexibility index (Phi) is 13.1. The summed E-state index contributed by atoms with van der Waals surface area (Å²) in [5, 5.41) is 3.40. The second-order valence-electron chi connectivity index (χ2n) is 11.6. The molecule has 3 aliphatic heterocycles. The van der Waals surface area contributed by atoms with Gasteiger partial charge in [0, 0.05) is 25.5 Å². The Morgan fingerprint density at radius 1 is 1.15 bits per heavy atom. The molecule has 222 valence electrons. The largest absolute Gasteiger partial charge is 0.313 e. The molecule has 0 saturated heterocycles. The Hall–Kier alpha value is -2.98. The molecular formula is C37H54N4. The molecule has 0 aromatic heterocycles. The van der Waals surface area contributed by atoms with Crippen LogP contribution in [0.5, 0.6) is 0 Å². The molecule has 0 radical (unpaired) electrons. The van der Waals surface area contributed by atoms with Gasteiger partial charge in [-0.3, -0.25) is 4.99 Å². The quantitative estimate of drug-likeness (QED) is 0.166. The summed E-state index contributed by atoms with van der Waals surface area (Å²) in [6, 6.07) is 0. The first-order valence-corrected chi connectivity index (χ1v) is 15.9. The van der Waals surface area contributed by atoms with E-state index in [1.165, 1.54) is 72.1 Å². The van der Waals surface area contributed by atoms with Gasteiger partial charge < -0.3 is 10.2 Å². The third-order valence-corrected chi connectivity index (χ3v) is 8.56. The molecule has 0 aromatic carbocycles. The van der Waals surface area contributed by atoms with E-state index >= 15 is 0 Å². The minimum absolute atomic E-state index is 0.784. The summed E-state index contributed by atoms with van der Waals surface area (Å²) >= 11 is 0. The summed E-state index contributed by atoms with van der Waals surface area (Å²) in [4.78, 5) is 11.9. The zero-order valence-electron chi connectivity index (χ0n) is 26.9. The molecule has 0 amide bonds. The molecule has 0 aromatic rings. The lowest BCUT2D eigenvalue weighted by Crippen LogP contribution is -2.31. The summed E-state index contributed by atoms with van der Waals surface area (Å²) in [6.45, 7) is 19.5.